The number of aromatic nitrogens is 2. The largest absolute Gasteiger partial charge is 0.385 e. The van der Waals surface area contributed by atoms with E-state index >= 15 is 0 Å². The minimum Gasteiger partial charge on any atom is -0.385 e. The Labute approximate surface area is 130 Å². The standard InChI is InChI=1S/C16H22N4O2/c1-22-11-5-10-17-15(21)8-4-9-18-16-13-6-2-3-7-14(13)19-12-20-16/h2-3,6-7,12H,4-5,8-11H2,1H3,(H,17,21)(H,18,19,20). The lowest BCUT2D eigenvalue weighted by Crippen LogP contribution is -2.25. The van der Waals surface area contributed by atoms with Gasteiger partial charge >= 0.3 is 0 Å². The van der Waals surface area contributed by atoms with Gasteiger partial charge in [0.05, 0.1) is 5.52 Å². The number of benzene rings is 1. The lowest BCUT2D eigenvalue weighted by molar-refractivity contribution is -0.121. The summed E-state index contributed by atoms with van der Waals surface area (Å²) in [5, 5.41) is 7.14. The second-order valence-corrected chi connectivity index (χ2v) is 4.97. The fourth-order valence-electron chi connectivity index (χ4n) is 2.13. The van der Waals surface area contributed by atoms with Crippen molar-refractivity contribution in [2.75, 3.05) is 32.1 Å². The molecular formula is C16H22N4O2. The minimum atomic E-state index is 0.0745. The van der Waals surface area contributed by atoms with Crippen molar-refractivity contribution in [2.45, 2.75) is 19.3 Å². The molecule has 0 aliphatic rings. The van der Waals surface area contributed by atoms with Crippen molar-refractivity contribution in [1.82, 2.24) is 15.3 Å². The number of carbonyl (C=O) groups is 1. The maximum atomic E-state index is 11.6. The Kier molecular flexibility index (Phi) is 6.57. The SMILES string of the molecule is COCCCNC(=O)CCCNc1ncnc2ccccc12. The smallest absolute Gasteiger partial charge is 0.220 e. The highest BCUT2D eigenvalue weighted by atomic mass is 16.5. The summed E-state index contributed by atoms with van der Waals surface area (Å²) in [4.78, 5) is 20.1. The van der Waals surface area contributed by atoms with Crippen LogP contribution >= 0.6 is 0 Å². The first-order valence-electron chi connectivity index (χ1n) is 7.50. The summed E-state index contributed by atoms with van der Waals surface area (Å²) in [6, 6.07) is 7.85. The number of fused-ring (bicyclic) bond motifs is 1. The van der Waals surface area contributed by atoms with E-state index in [0.717, 1.165) is 29.6 Å². The quantitative estimate of drug-likeness (QED) is 0.693. The van der Waals surface area contributed by atoms with Crippen LogP contribution in [0.5, 0.6) is 0 Å². The fraction of sp³-hybridized carbons (Fsp3) is 0.438. The van der Waals surface area contributed by atoms with Gasteiger partial charge in [-0.3, -0.25) is 4.79 Å². The Bertz CT molecular complexity index is 598. The number of rotatable bonds is 9. The van der Waals surface area contributed by atoms with E-state index in [1.165, 1.54) is 0 Å². The number of hydrogen-bond donors (Lipinski definition) is 2. The van der Waals surface area contributed by atoms with Gasteiger partial charge in [0.1, 0.15) is 12.1 Å². The topological polar surface area (TPSA) is 76.1 Å². The highest BCUT2D eigenvalue weighted by molar-refractivity contribution is 5.88. The number of methoxy groups -OCH3 is 1. The number of anilines is 1. The number of nitrogens with one attached hydrogen (secondary N) is 2. The Morgan fingerprint density at radius 1 is 1.18 bits per heavy atom. The van der Waals surface area contributed by atoms with Crippen LogP contribution in [-0.4, -0.2) is 42.7 Å². The van der Waals surface area contributed by atoms with Gasteiger partial charge in [-0.1, -0.05) is 12.1 Å². The molecule has 0 aliphatic heterocycles. The number of amides is 1. The Morgan fingerprint density at radius 2 is 2.05 bits per heavy atom. The molecule has 0 aliphatic carbocycles. The molecule has 1 amide bonds. The number of carbonyl (C=O) groups excluding carboxylic acids is 1. The van der Waals surface area contributed by atoms with Gasteiger partial charge in [0, 0.05) is 38.6 Å². The van der Waals surface area contributed by atoms with Crippen LogP contribution in [0.4, 0.5) is 5.82 Å². The van der Waals surface area contributed by atoms with Gasteiger partial charge in [-0.05, 0) is 25.0 Å². The van der Waals surface area contributed by atoms with Crippen molar-refractivity contribution in [3.63, 3.8) is 0 Å². The summed E-state index contributed by atoms with van der Waals surface area (Å²) < 4.78 is 4.93. The molecule has 0 bridgehead atoms. The lowest BCUT2D eigenvalue weighted by Gasteiger charge is -2.08. The van der Waals surface area contributed by atoms with Crippen LogP contribution in [0.1, 0.15) is 19.3 Å². The van der Waals surface area contributed by atoms with Crippen molar-refractivity contribution in [3.8, 4) is 0 Å². The number of para-hydroxylation sites is 1. The van der Waals surface area contributed by atoms with Crippen molar-refractivity contribution in [2.24, 2.45) is 0 Å². The third-order valence-electron chi connectivity index (χ3n) is 3.26. The molecule has 0 saturated heterocycles. The molecule has 1 aromatic carbocycles. The van der Waals surface area contributed by atoms with Gasteiger partial charge in [0.15, 0.2) is 0 Å². The summed E-state index contributed by atoms with van der Waals surface area (Å²) in [6.45, 7) is 2.03. The van der Waals surface area contributed by atoms with E-state index in [0.29, 0.717) is 26.1 Å². The highest BCUT2D eigenvalue weighted by Crippen LogP contribution is 2.18. The molecule has 6 heteroatoms. The zero-order valence-electron chi connectivity index (χ0n) is 12.8. The highest BCUT2D eigenvalue weighted by Gasteiger charge is 2.03. The molecule has 6 nitrogen and oxygen atoms in total. The summed E-state index contributed by atoms with van der Waals surface area (Å²) in [5.74, 6) is 0.886. The molecule has 0 fully saturated rings. The second-order valence-electron chi connectivity index (χ2n) is 4.97. The molecule has 0 spiro atoms. The van der Waals surface area contributed by atoms with Crippen LogP contribution in [0.3, 0.4) is 0 Å². The lowest BCUT2D eigenvalue weighted by atomic mass is 10.2. The minimum absolute atomic E-state index is 0.0745. The zero-order chi connectivity index (χ0) is 15.6. The summed E-state index contributed by atoms with van der Waals surface area (Å²) in [6.07, 6.45) is 3.65. The molecule has 0 unspecified atom stereocenters. The third kappa shape index (κ3) is 4.96. The monoisotopic (exact) mass is 302 g/mol. The van der Waals surface area contributed by atoms with Crippen molar-refractivity contribution in [3.05, 3.63) is 30.6 Å². The van der Waals surface area contributed by atoms with Crippen LogP contribution in [0.15, 0.2) is 30.6 Å². The van der Waals surface area contributed by atoms with E-state index in [-0.39, 0.29) is 5.91 Å². The van der Waals surface area contributed by atoms with E-state index in [9.17, 15) is 4.79 Å². The van der Waals surface area contributed by atoms with Crippen molar-refractivity contribution < 1.29 is 9.53 Å². The van der Waals surface area contributed by atoms with Gasteiger partial charge in [0.25, 0.3) is 0 Å². The fourth-order valence-corrected chi connectivity index (χ4v) is 2.13. The van der Waals surface area contributed by atoms with E-state index in [1.807, 2.05) is 24.3 Å². The first-order valence-corrected chi connectivity index (χ1v) is 7.50. The number of nitrogens with zero attached hydrogens (tertiary/aromatic N) is 2. The molecule has 22 heavy (non-hydrogen) atoms. The van der Waals surface area contributed by atoms with Crippen LogP contribution in [0.2, 0.25) is 0 Å². The predicted molar refractivity (Wildman–Crippen MR) is 86.8 cm³/mol. The van der Waals surface area contributed by atoms with Crippen molar-refractivity contribution in [1.29, 1.82) is 0 Å². The van der Waals surface area contributed by atoms with Crippen LogP contribution in [0, 0.1) is 0 Å². The van der Waals surface area contributed by atoms with Crippen LogP contribution in [-0.2, 0) is 9.53 Å². The summed E-state index contributed by atoms with van der Waals surface area (Å²) in [5.41, 5.74) is 0.913. The molecule has 1 aromatic heterocycles. The third-order valence-corrected chi connectivity index (χ3v) is 3.26. The molecule has 118 valence electrons. The van der Waals surface area contributed by atoms with Crippen LogP contribution in [0.25, 0.3) is 10.9 Å². The molecule has 0 atom stereocenters. The van der Waals surface area contributed by atoms with Gasteiger partial charge in [-0.2, -0.15) is 0 Å². The van der Waals surface area contributed by atoms with E-state index in [4.69, 9.17) is 4.74 Å². The van der Waals surface area contributed by atoms with Gasteiger partial charge in [-0.15, -0.1) is 0 Å². The molecular weight excluding hydrogens is 280 g/mol. The molecule has 1 heterocycles. The average molecular weight is 302 g/mol. The Balaban J connectivity index is 1.71. The van der Waals surface area contributed by atoms with Gasteiger partial charge < -0.3 is 15.4 Å². The zero-order valence-corrected chi connectivity index (χ0v) is 12.8. The average Bonchev–Trinajstić information content (AvgIpc) is 2.56. The second kappa shape index (κ2) is 8.94. The van der Waals surface area contributed by atoms with Gasteiger partial charge in [-0.25, -0.2) is 9.97 Å². The van der Waals surface area contributed by atoms with E-state index in [2.05, 4.69) is 20.6 Å². The normalized spacial score (nSPS) is 10.6. The molecule has 2 N–H and O–H groups in total. The Hall–Kier alpha value is -2.21. The molecule has 0 saturated carbocycles. The maximum absolute atomic E-state index is 11.6. The molecule has 2 rings (SSSR count). The number of hydrogen-bond acceptors (Lipinski definition) is 5. The van der Waals surface area contributed by atoms with E-state index in [1.54, 1.807) is 13.4 Å². The maximum Gasteiger partial charge on any atom is 0.220 e. The summed E-state index contributed by atoms with van der Waals surface area (Å²) >= 11 is 0. The van der Waals surface area contributed by atoms with Gasteiger partial charge in [0.2, 0.25) is 5.91 Å². The predicted octanol–water partition coefficient (Wildman–Crippen LogP) is 1.97. The van der Waals surface area contributed by atoms with E-state index < -0.39 is 0 Å². The Morgan fingerprint density at radius 3 is 2.91 bits per heavy atom. The van der Waals surface area contributed by atoms with Crippen LogP contribution < -0.4 is 10.6 Å². The molecule has 2 aromatic rings. The molecule has 0 radical (unpaired) electrons. The van der Waals surface area contributed by atoms with Crippen molar-refractivity contribution >= 4 is 22.6 Å². The first-order chi connectivity index (χ1) is 10.8. The first kappa shape index (κ1) is 16.2. The summed E-state index contributed by atoms with van der Waals surface area (Å²) in [7, 11) is 1.66. The number of ether oxygens (including phenoxy) is 1.